The molecule has 0 fully saturated rings. The largest absolute Gasteiger partial charge is 0.497 e. The van der Waals surface area contributed by atoms with E-state index in [1.54, 1.807) is 7.11 Å². The van der Waals surface area contributed by atoms with Gasteiger partial charge in [0.2, 0.25) is 5.91 Å². The van der Waals surface area contributed by atoms with E-state index >= 15 is 0 Å². The van der Waals surface area contributed by atoms with Gasteiger partial charge in [-0.3, -0.25) is 4.79 Å². The van der Waals surface area contributed by atoms with Crippen LogP contribution in [0.2, 0.25) is 0 Å². The summed E-state index contributed by atoms with van der Waals surface area (Å²) >= 11 is 2.68. The first kappa shape index (κ1) is 17.4. The van der Waals surface area contributed by atoms with Gasteiger partial charge in [0.05, 0.1) is 12.9 Å². The SMILES string of the molecule is COc1ccc(-c2nsc(SCC(=O)Nc3ccc(C)cc3)n2)cc1. The molecule has 7 heteroatoms. The van der Waals surface area contributed by atoms with E-state index in [9.17, 15) is 4.79 Å². The minimum Gasteiger partial charge on any atom is -0.497 e. The zero-order chi connectivity index (χ0) is 17.6. The lowest BCUT2D eigenvalue weighted by Gasteiger charge is -2.04. The van der Waals surface area contributed by atoms with Crippen LogP contribution in [-0.2, 0) is 4.79 Å². The first-order valence-corrected chi connectivity index (χ1v) is 9.37. The number of ether oxygens (including phenoxy) is 1. The van der Waals surface area contributed by atoms with E-state index in [1.807, 2.05) is 55.5 Å². The molecule has 0 aliphatic carbocycles. The van der Waals surface area contributed by atoms with E-state index in [1.165, 1.54) is 23.3 Å². The van der Waals surface area contributed by atoms with Crippen molar-refractivity contribution in [2.24, 2.45) is 0 Å². The zero-order valence-electron chi connectivity index (χ0n) is 13.9. The van der Waals surface area contributed by atoms with Crippen LogP contribution in [0.3, 0.4) is 0 Å². The molecule has 0 radical (unpaired) electrons. The van der Waals surface area contributed by atoms with Gasteiger partial charge in [-0.05, 0) is 54.9 Å². The molecule has 1 N–H and O–H groups in total. The summed E-state index contributed by atoms with van der Waals surface area (Å²) in [5, 5.41) is 2.87. The molecule has 1 heterocycles. The Morgan fingerprint density at radius 1 is 1.16 bits per heavy atom. The minimum atomic E-state index is -0.0601. The van der Waals surface area contributed by atoms with E-state index in [0.29, 0.717) is 11.6 Å². The van der Waals surface area contributed by atoms with Crippen LogP contribution in [0.15, 0.2) is 52.9 Å². The summed E-state index contributed by atoms with van der Waals surface area (Å²) in [5.74, 6) is 1.69. The number of anilines is 1. The Bertz CT molecular complexity index is 846. The number of thioether (sulfide) groups is 1. The number of rotatable bonds is 6. The number of benzene rings is 2. The minimum absolute atomic E-state index is 0.0601. The van der Waals surface area contributed by atoms with Gasteiger partial charge in [0.15, 0.2) is 10.2 Å². The standard InChI is InChI=1S/C18H17N3O2S2/c1-12-3-7-14(8-4-12)19-16(22)11-24-18-20-17(21-25-18)13-5-9-15(23-2)10-6-13/h3-10H,11H2,1-2H3,(H,19,22). The lowest BCUT2D eigenvalue weighted by molar-refractivity contribution is -0.113. The van der Waals surface area contributed by atoms with Gasteiger partial charge in [-0.25, -0.2) is 4.98 Å². The number of nitrogens with zero attached hydrogens (tertiary/aromatic N) is 2. The summed E-state index contributed by atoms with van der Waals surface area (Å²) < 4.78 is 10.3. The molecule has 0 atom stereocenters. The van der Waals surface area contributed by atoms with Crippen molar-refractivity contribution < 1.29 is 9.53 Å². The van der Waals surface area contributed by atoms with Crippen molar-refractivity contribution in [1.82, 2.24) is 9.36 Å². The summed E-state index contributed by atoms with van der Waals surface area (Å²) in [7, 11) is 1.63. The third-order valence-corrected chi connectivity index (χ3v) is 5.25. The highest BCUT2D eigenvalue weighted by atomic mass is 32.2. The lowest BCUT2D eigenvalue weighted by Crippen LogP contribution is -2.13. The molecule has 25 heavy (non-hydrogen) atoms. The Kier molecular flexibility index (Phi) is 5.67. The number of hydrogen-bond acceptors (Lipinski definition) is 6. The molecule has 0 unspecified atom stereocenters. The zero-order valence-corrected chi connectivity index (χ0v) is 15.5. The van der Waals surface area contributed by atoms with E-state index in [-0.39, 0.29) is 5.91 Å². The maximum atomic E-state index is 12.0. The van der Waals surface area contributed by atoms with Gasteiger partial charge in [0.25, 0.3) is 0 Å². The van der Waals surface area contributed by atoms with Gasteiger partial charge in [-0.2, -0.15) is 4.37 Å². The van der Waals surface area contributed by atoms with Gasteiger partial charge in [-0.1, -0.05) is 29.5 Å². The van der Waals surface area contributed by atoms with Crippen LogP contribution in [0.25, 0.3) is 11.4 Å². The molecular weight excluding hydrogens is 354 g/mol. The number of hydrogen-bond donors (Lipinski definition) is 1. The van der Waals surface area contributed by atoms with Gasteiger partial charge in [-0.15, -0.1) is 0 Å². The monoisotopic (exact) mass is 371 g/mol. The number of carbonyl (C=O) groups is 1. The Balaban J connectivity index is 1.55. The Morgan fingerprint density at radius 3 is 2.56 bits per heavy atom. The average molecular weight is 371 g/mol. The number of aromatic nitrogens is 2. The summed E-state index contributed by atoms with van der Waals surface area (Å²) in [6.45, 7) is 2.01. The molecule has 5 nitrogen and oxygen atoms in total. The predicted octanol–water partition coefficient (Wildman–Crippen LogP) is 4.25. The van der Waals surface area contributed by atoms with Crippen molar-refractivity contribution in [3.05, 3.63) is 54.1 Å². The fourth-order valence-electron chi connectivity index (χ4n) is 2.09. The first-order chi connectivity index (χ1) is 12.1. The van der Waals surface area contributed by atoms with Crippen LogP contribution in [0.5, 0.6) is 5.75 Å². The lowest BCUT2D eigenvalue weighted by atomic mass is 10.2. The van der Waals surface area contributed by atoms with E-state index < -0.39 is 0 Å². The maximum Gasteiger partial charge on any atom is 0.234 e. The fraction of sp³-hybridized carbons (Fsp3) is 0.167. The summed E-state index contributed by atoms with van der Waals surface area (Å²) in [6, 6.07) is 15.3. The fourth-order valence-corrected chi connectivity index (χ4v) is 3.50. The molecule has 1 amide bonds. The second kappa shape index (κ2) is 8.13. The van der Waals surface area contributed by atoms with Crippen molar-refractivity contribution in [2.75, 3.05) is 18.2 Å². The third-order valence-electron chi connectivity index (χ3n) is 3.42. The van der Waals surface area contributed by atoms with Crippen molar-refractivity contribution in [1.29, 1.82) is 0 Å². The quantitative estimate of drug-likeness (QED) is 0.656. The third kappa shape index (κ3) is 4.80. The summed E-state index contributed by atoms with van der Waals surface area (Å²) in [5.41, 5.74) is 2.88. The van der Waals surface area contributed by atoms with Gasteiger partial charge in [0.1, 0.15) is 5.75 Å². The average Bonchev–Trinajstić information content (AvgIpc) is 3.11. The molecule has 1 aromatic heterocycles. The number of aryl methyl sites for hydroxylation is 1. The maximum absolute atomic E-state index is 12.0. The van der Waals surface area contributed by atoms with Crippen molar-refractivity contribution in [3.63, 3.8) is 0 Å². The summed E-state index contributed by atoms with van der Waals surface area (Å²) in [6.07, 6.45) is 0. The van der Waals surface area contributed by atoms with Crippen molar-refractivity contribution in [2.45, 2.75) is 11.3 Å². The number of methoxy groups -OCH3 is 1. The molecule has 0 saturated carbocycles. The van der Waals surface area contributed by atoms with E-state index in [0.717, 1.165) is 26.9 Å². The van der Waals surface area contributed by atoms with Crippen LogP contribution in [0, 0.1) is 6.92 Å². The second-order valence-corrected chi connectivity index (χ2v) is 7.29. The Morgan fingerprint density at radius 2 is 1.88 bits per heavy atom. The van der Waals surface area contributed by atoms with E-state index in [4.69, 9.17) is 4.74 Å². The highest BCUT2D eigenvalue weighted by Crippen LogP contribution is 2.26. The van der Waals surface area contributed by atoms with Gasteiger partial charge in [0, 0.05) is 11.3 Å². The van der Waals surface area contributed by atoms with Crippen LogP contribution in [0.1, 0.15) is 5.56 Å². The summed E-state index contributed by atoms with van der Waals surface area (Å²) in [4.78, 5) is 16.5. The molecule has 128 valence electrons. The second-order valence-electron chi connectivity index (χ2n) is 5.32. The highest BCUT2D eigenvalue weighted by Gasteiger charge is 2.10. The van der Waals surface area contributed by atoms with Crippen molar-refractivity contribution in [3.8, 4) is 17.1 Å². The smallest absolute Gasteiger partial charge is 0.234 e. The molecule has 0 saturated heterocycles. The molecule has 0 bridgehead atoms. The molecule has 0 aliphatic heterocycles. The van der Waals surface area contributed by atoms with Crippen molar-refractivity contribution >= 4 is 34.9 Å². The molecule has 0 aliphatic rings. The molecule has 2 aromatic carbocycles. The normalized spacial score (nSPS) is 10.5. The highest BCUT2D eigenvalue weighted by molar-refractivity contribution is 8.01. The predicted molar refractivity (Wildman–Crippen MR) is 102 cm³/mol. The Hall–Kier alpha value is -2.38. The topological polar surface area (TPSA) is 64.1 Å². The van der Waals surface area contributed by atoms with Gasteiger partial charge < -0.3 is 10.1 Å². The molecule has 0 spiro atoms. The first-order valence-electron chi connectivity index (χ1n) is 7.61. The number of amides is 1. The molecule has 3 aromatic rings. The molecule has 3 rings (SSSR count). The number of carbonyl (C=O) groups excluding carboxylic acids is 1. The van der Waals surface area contributed by atoms with Crippen LogP contribution >= 0.6 is 23.3 Å². The van der Waals surface area contributed by atoms with Crippen LogP contribution in [-0.4, -0.2) is 28.1 Å². The van der Waals surface area contributed by atoms with Gasteiger partial charge >= 0.3 is 0 Å². The molecular formula is C18H17N3O2S2. The van der Waals surface area contributed by atoms with Crippen LogP contribution < -0.4 is 10.1 Å². The number of nitrogens with one attached hydrogen (secondary N) is 1. The van der Waals surface area contributed by atoms with Crippen LogP contribution in [0.4, 0.5) is 5.69 Å². The van der Waals surface area contributed by atoms with E-state index in [2.05, 4.69) is 14.7 Å². The Labute approximate surface area is 154 Å².